The van der Waals surface area contributed by atoms with E-state index in [-0.39, 0.29) is 23.2 Å². The molecule has 0 radical (unpaired) electrons. The van der Waals surface area contributed by atoms with Gasteiger partial charge in [0.25, 0.3) is 5.92 Å². The number of nitrogens with zero attached hydrogens (tertiary/aromatic N) is 3. The van der Waals surface area contributed by atoms with Crippen LogP contribution in [0.15, 0.2) is 67.4 Å². The third kappa shape index (κ3) is 6.03. The Morgan fingerprint density at radius 1 is 1.24 bits per heavy atom. The lowest BCUT2D eigenvalue weighted by Crippen LogP contribution is -2.21. The molecule has 172 valence electrons. The molecule has 0 spiro atoms. The summed E-state index contributed by atoms with van der Waals surface area (Å²) in [4.78, 5) is 21.4. The normalized spacial score (nSPS) is 10.9. The number of hydrogen-bond acceptors (Lipinski definition) is 6. The first-order valence-corrected chi connectivity index (χ1v) is 10.1. The molecule has 1 heterocycles. The highest BCUT2D eigenvalue weighted by molar-refractivity contribution is 5.86. The number of benzene rings is 2. The van der Waals surface area contributed by atoms with Crippen molar-refractivity contribution in [2.75, 3.05) is 24.4 Å². The van der Waals surface area contributed by atoms with Gasteiger partial charge in [0.1, 0.15) is 11.6 Å². The average molecular weight is 453 g/mol. The second kappa shape index (κ2) is 10.1. The van der Waals surface area contributed by atoms with Crippen LogP contribution in [0, 0.1) is 0 Å². The minimum atomic E-state index is -3.15. The van der Waals surface area contributed by atoms with Crippen LogP contribution in [-0.2, 0) is 17.3 Å². The molecule has 7 nitrogen and oxygen atoms in total. The number of rotatable bonds is 9. The van der Waals surface area contributed by atoms with Crippen molar-refractivity contribution in [3.05, 3.63) is 78.5 Å². The fourth-order valence-corrected chi connectivity index (χ4v) is 3.05. The van der Waals surface area contributed by atoms with Gasteiger partial charge in [-0.05, 0) is 35.9 Å². The highest BCUT2D eigenvalue weighted by Gasteiger charge is 2.31. The van der Waals surface area contributed by atoms with E-state index in [1.807, 2.05) is 0 Å². The number of carbonyl (C=O) groups is 1. The van der Waals surface area contributed by atoms with E-state index in [1.165, 1.54) is 6.08 Å². The topological polar surface area (TPSA) is 79.4 Å². The Kier molecular flexibility index (Phi) is 7.22. The lowest BCUT2D eigenvalue weighted by Gasteiger charge is -2.24. The van der Waals surface area contributed by atoms with Gasteiger partial charge in [0, 0.05) is 44.2 Å². The second-order valence-corrected chi connectivity index (χ2v) is 7.32. The van der Waals surface area contributed by atoms with Gasteiger partial charge in [-0.1, -0.05) is 24.8 Å². The minimum Gasteiger partial charge on any atom is -0.497 e. The van der Waals surface area contributed by atoms with E-state index < -0.39 is 5.92 Å². The van der Waals surface area contributed by atoms with Gasteiger partial charge < -0.3 is 20.3 Å². The SMILES string of the molecule is C=CC(=O)NCc1ccc(N(C)c2nc(Nc3cccc(OC)c3)ncc2C(C)(F)F)cc1. The molecule has 3 rings (SSSR count). The molecule has 0 fully saturated rings. The third-order valence-corrected chi connectivity index (χ3v) is 4.86. The molecule has 2 aromatic carbocycles. The minimum absolute atomic E-state index is 0.0654. The van der Waals surface area contributed by atoms with Crippen molar-refractivity contribution in [1.29, 1.82) is 0 Å². The molecular weight excluding hydrogens is 428 g/mol. The first-order chi connectivity index (χ1) is 15.7. The van der Waals surface area contributed by atoms with E-state index in [1.54, 1.807) is 67.6 Å². The molecule has 1 amide bonds. The number of carbonyl (C=O) groups excluding carboxylic acids is 1. The monoisotopic (exact) mass is 453 g/mol. The van der Waals surface area contributed by atoms with Gasteiger partial charge >= 0.3 is 0 Å². The lowest BCUT2D eigenvalue weighted by molar-refractivity contribution is -0.116. The highest BCUT2D eigenvalue weighted by atomic mass is 19.3. The fraction of sp³-hybridized carbons (Fsp3) is 0.208. The predicted molar refractivity (Wildman–Crippen MR) is 124 cm³/mol. The molecule has 0 aliphatic carbocycles. The maximum atomic E-state index is 14.3. The standard InChI is InChI=1S/C24H25F2N5O2/c1-5-21(32)27-14-16-9-11-18(12-10-16)31(3)22-20(24(2,25)26)15-28-23(30-22)29-17-7-6-8-19(13-17)33-4/h5-13,15H,1,14H2,2-4H3,(H,27,32)(H,28,29,30). The Bertz CT molecular complexity index is 1130. The summed E-state index contributed by atoms with van der Waals surface area (Å²) in [7, 11) is 3.21. The van der Waals surface area contributed by atoms with Gasteiger partial charge in [-0.3, -0.25) is 4.79 Å². The summed E-state index contributed by atoms with van der Waals surface area (Å²) in [6.07, 6.45) is 2.32. The van der Waals surface area contributed by atoms with Crippen LogP contribution in [0.4, 0.5) is 31.9 Å². The molecule has 33 heavy (non-hydrogen) atoms. The number of ether oxygens (including phenoxy) is 1. The molecular formula is C24H25F2N5O2. The number of aromatic nitrogens is 2. The molecule has 0 saturated heterocycles. The summed E-state index contributed by atoms with van der Waals surface area (Å²) < 4.78 is 33.9. The Balaban J connectivity index is 1.89. The third-order valence-electron chi connectivity index (χ3n) is 4.86. The Morgan fingerprint density at radius 3 is 2.61 bits per heavy atom. The summed E-state index contributed by atoms with van der Waals surface area (Å²) in [6.45, 7) is 4.55. The summed E-state index contributed by atoms with van der Waals surface area (Å²) >= 11 is 0. The lowest BCUT2D eigenvalue weighted by atomic mass is 10.1. The molecule has 3 aromatic rings. The van der Waals surface area contributed by atoms with E-state index in [2.05, 4.69) is 27.2 Å². The van der Waals surface area contributed by atoms with E-state index in [9.17, 15) is 13.6 Å². The van der Waals surface area contributed by atoms with Crippen LogP contribution >= 0.6 is 0 Å². The van der Waals surface area contributed by atoms with Crippen molar-refractivity contribution < 1.29 is 18.3 Å². The van der Waals surface area contributed by atoms with Crippen molar-refractivity contribution in [2.45, 2.75) is 19.4 Å². The first-order valence-electron chi connectivity index (χ1n) is 10.1. The fourth-order valence-electron chi connectivity index (χ4n) is 3.05. The van der Waals surface area contributed by atoms with Gasteiger partial charge in [-0.25, -0.2) is 13.8 Å². The van der Waals surface area contributed by atoms with E-state index >= 15 is 0 Å². The number of nitrogens with one attached hydrogen (secondary N) is 2. The zero-order valence-electron chi connectivity index (χ0n) is 18.6. The quantitative estimate of drug-likeness (QED) is 0.448. The molecule has 2 N–H and O–H groups in total. The van der Waals surface area contributed by atoms with Crippen LogP contribution in [0.1, 0.15) is 18.1 Å². The molecule has 1 aromatic heterocycles. The zero-order chi connectivity index (χ0) is 24.0. The van der Waals surface area contributed by atoms with Crippen LogP contribution in [0.2, 0.25) is 0 Å². The van der Waals surface area contributed by atoms with Gasteiger partial charge in [0.2, 0.25) is 11.9 Å². The van der Waals surface area contributed by atoms with Crippen LogP contribution in [0.5, 0.6) is 5.75 Å². The van der Waals surface area contributed by atoms with Gasteiger partial charge in [-0.15, -0.1) is 0 Å². The number of alkyl halides is 2. The van der Waals surface area contributed by atoms with Crippen molar-refractivity contribution >= 4 is 29.0 Å². The highest BCUT2D eigenvalue weighted by Crippen LogP contribution is 2.36. The summed E-state index contributed by atoms with van der Waals surface area (Å²) in [5, 5.41) is 5.71. The van der Waals surface area contributed by atoms with Crippen LogP contribution < -0.4 is 20.3 Å². The number of methoxy groups -OCH3 is 1. The zero-order valence-corrected chi connectivity index (χ0v) is 18.6. The maximum absolute atomic E-state index is 14.3. The van der Waals surface area contributed by atoms with Crippen molar-refractivity contribution in [1.82, 2.24) is 15.3 Å². The predicted octanol–water partition coefficient (Wildman–Crippen LogP) is 4.91. The van der Waals surface area contributed by atoms with Gasteiger partial charge in [-0.2, -0.15) is 4.98 Å². The van der Waals surface area contributed by atoms with Crippen LogP contribution in [0.25, 0.3) is 0 Å². The van der Waals surface area contributed by atoms with Crippen LogP contribution in [-0.4, -0.2) is 30.0 Å². The summed E-state index contributed by atoms with van der Waals surface area (Å²) in [5.41, 5.74) is 1.85. The first kappa shape index (κ1) is 23.6. The van der Waals surface area contributed by atoms with Crippen LogP contribution in [0.3, 0.4) is 0 Å². The number of amides is 1. The molecule has 0 bridgehead atoms. The van der Waals surface area contributed by atoms with E-state index in [0.29, 0.717) is 23.7 Å². The summed E-state index contributed by atoms with van der Waals surface area (Å²) in [5.74, 6) is -2.55. The number of halogens is 2. The van der Waals surface area contributed by atoms with Crippen molar-refractivity contribution in [3.8, 4) is 5.75 Å². The van der Waals surface area contributed by atoms with Crippen molar-refractivity contribution in [2.24, 2.45) is 0 Å². The maximum Gasteiger partial charge on any atom is 0.275 e. The van der Waals surface area contributed by atoms with Gasteiger partial charge in [0.05, 0.1) is 12.7 Å². The smallest absolute Gasteiger partial charge is 0.275 e. The second-order valence-electron chi connectivity index (χ2n) is 7.32. The number of hydrogen-bond donors (Lipinski definition) is 2. The Labute approximate surface area is 191 Å². The Hall–Kier alpha value is -4.01. The van der Waals surface area contributed by atoms with Gasteiger partial charge in [0.15, 0.2) is 0 Å². The van der Waals surface area contributed by atoms with E-state index in [0.717, 1.165) is 18.7 Å². The molecule has 0 atom stereocenters. The molecule has 0 aliphatic rings. The molecule has 9 heteroatoms. The molecule has 0 aliphatic heterocycles. The molecule has 0 unspecified atom stereocenters. The molecule has 0 saturated carbocycles. The Morgan fingerprint density at radius 2 is 1.97 bits per heavy atom. The van der Waals surface area contributed by atoms with Crippen molar-refractivity contribution in [3.63, 3.8) is 0 Å². The average Bonchev–Trinajstić information content (AvgIpc) is 2.81. The summed E-state index contributed by atoms with van der Waals surface area (Å²) in [6, 6.07) is 14.3. The van der Waals surface area contributed by atoms with E-state index in [4.69, 9.17) is 4.74 Å². The number of anilines is 4. The largest absolute Gasteiger partial charge is 0.497 e.